The third-order valence-corrected chi connectivity index (χ3v) is 3.34. The molecule has 5 heteroatoms. The zero-order chi connectivity index (χ0) is 14.3. The Morgan fingerprint density at radius 1 is 1.30 bits per heavy atom. The highest BCUT2D eigenvalue weighted by Crippen LogP contribution is 2.34. The van der Waals surface area contributed by atoms with E-state index >= 15 is 0 Å². The molecule has 102 valence electrons. The summed E-state index contributed by atoms with van der Waals surface area (Å²) in [5, 5.41) is 11.1. The Kier molecular flexibility index (Phi) is 3.20. The summed E-state index contributed by atoms with van der Waals surface area (Å²) in [4.78, 5) is 3.82. The fraction of sp³-hybridized carbons (Fsp3) is 0.133. The lowest BCUT2D eigenvalue weighted by atomic mass is 10.0. The summed E-state index contributed by atoms with van der Waals surface area (Å²) in [5.74, 6) is -0.110. The van der Waals surface area contributed by atoms with Gasteiger partial charge in [0.2, 0.25) is 0 Å². The molecule has 0 aliphatic carbocycles. The van der Waals surface area contributed by atoms with Crippen LogP contribution in [0.5, 0.6) is 0 Å². The van der Waals surface area contributed by atoms with Crippen molar-refractivity contribution >= 4 is 22.6 Å². The van der Waals surface area contributed by atoms with E-state index < -0.39 is 11.9 Å². The number of rotatable bonds is 2. The number of pyridine rings is 1. The summed E-state index contributed by atoms with van der Waals surface area (Å²) in [6.45, 7) is 1.50. The van der Waals surface area contributed by atoms with Crippen molar-refractivity contribution in [3.05, 3.63) is 53.1 Å². The van der Waals surface area contributed by atoms with E-state index in [4.69, 9.17) is 16.0 Å². The van der Waals surface area contributed by atoms with Crippen LogP contribution in [0.25, 0.3) is 22.3 Å². The van der Waals surface area contributed by atoms with Crippen LogP contribution in [-0.4, -0.2) is 10.1 Å². The van der Waals surface area contributed by atoms with E-state index in [1.165, 1.54) is 13.1 Å². The van der Waals surface area contributed by atoms with Gasteiger partial charge in [-0.25, -0.2) is 4.39 Å². The summed E-state index contributed by atoms with van der Waals surface area (Å²) in [6, 6.07) is 7.03. The minimum Gasteiger partial charge on any atom is -0.456 e. The lowest BCUT2D eigenvalue weighted by Crippen LogP contribution is -2.00. The van der Waals surface area contributed by atoms with Crippen molar-refractivity contribution in [3.8, 4) is 11.3 Å². The van der Waals surface area contributed by atoms with Crippen LogP contribution < -0.4 is 0 Å². The maximum atomic E-state index is 13.8. The number of aliphatic hydroxyl groups is 1. The van der Waals surface area contributed by atoms with Crippen LogP contribution in [0.1, 0.15) is 18.6 Å². The lowest BCUT2D eigenvalue weighted by Gasteiger charge is -2.10. The fourth-order valence-corrected chi connectivity index (χ4v) is 2.37. The van der Waals surface area contributed by atoms with E-state index in [-0.39, 0.29) is 5.56 Å². The van der Waals surface area contributed by atoms with Crippen molar-refractivity contribution in [3.63, 3.8) is 0 Å². The quantitative estimate of drug-likeness (QED) is 0.764. The van der Waals surface area contributed by atoms with Crippen molar-refractivity contribution in [2.45, 2.75) is 13.0 Å². The van der Waals surface area contributed by atoms with Crippen molar-refractivity contribution in [1.29, 1.82) is 0 Å². The first-order valence-corrected chi connectivity index (χ1v) is 6.45. The van der Waals surface area contributed by atoms with E-state index in [0.29, 0.717) is 21.9 Å². The Hall–Kier alpha value is -1.91. The Morgan fingerprint density at radius 2 is 2.10 bits per heavy atom. The molecule has 0 saturated heterocycles. The maximum Gasteiger partial charge on any atom is 0.148 e. The number of furan rings is 1. The van der Waals surface area contributed by atoms with Gasteiger partial charge >= 0.3 is 0 Å². The topological polar surface area (TPSA) is 46.3 Å². The zero-order valence-corrected chi connectivity index (χ0v) is 11.4. The molecule has 0 amide bonds. The fourth-order valence-electron chi connectivity index (χ4n) is 2.20. The maximum absolute atomic E-state index is 13.8. The van der Waals surface area contributed by atoms with Crippen molar-refractivity contribution < 1.29 is 13.9 Å². The number of halogens is 2. The van der Waals surface area contributed by atoms with E-state index in [2.05, 4.69) is 4.98 Å². The van der Waals surface area contributed by atoms with Gasteiger partial charge in [0.1, 0.15) is 17.2 Å². The number of hydrogen-bond acceptors (Lipinski definition) is 3. The highest BCUT2D eigenvalue weighted by atomic mass is 35.5. The molecule has 1 unspecified atom stereocenters. The van der Waals surface area contributed by atoms with E-state index in [1.54, 1.807) is 18.2 Å². The Labute approximate surface area is 119 Å². The molecule has 1 atom stereocenters. The van der Waals surface area contributed by atoms with E-state index in [9.17, 15) is 9.50 Å². The van der Waals surface area contributed by atoms with E-state index in [0.717, 1.165) is 11.6 Å². The number of hydrogen-bond donors (Lipinski definition) is 1. The van der Waals surface area contributed by atoms with Crippen LogP contribution in [0.3, 0.4) is 0 Å². The first-order chi connectivity index (χ1) is 9.56. The first-order valence-electron chi connectivity index (χ1n) is 6.07. The Morgan fingerprint density at radius 3 is 2.85 bits per heavy atom. The molecule has 0 saturated carbocycles. The summed E-state index contributed by atoms with van der Waals surface area (Å²) in [6.07, 6.45) is 1.60. The van der Waals surface area contributed by atoms with Gasteiger partial charge in [0.25, 0.3) is 0 Å². The van der Waals surface area contributed by atoms with Crippen LogP contribution in [0.2, 0.25) is 5.02 Å². The molecule has 2 aromatic heterocycles. The molecule has 0 fully saturated rings. The van der Waals surface area contributed by atoms with Gasteiger partial charge < -0.3 is 9.52 Å². The normalized spacial score (nSPS) is 12.8. The monoisotopic (exact) mass is 291 g/mol. The Bertz CT molecular complexity index is 783. The molecule has 3 rings (SSSR count). The molecular weight excluding hydrogens is 281 g/mol. The van der Waals surface area contributed by atoms with Crippen LogP contribution in [0.4, 0.5) is 4.39 Å². The zero-order valence-electron chi connectivity index (χ0n) is 10.6. The van der Waals surface area contributed by atoms with Gasteiger partial charge in [-0.05, 0) is 25.1 Å². The highest BCUT2D eigenvalue weighted by molar-refractivity contribution is 6.31. The molecule has 0 aliphatic rings. The average molecular weight is 292 g/mol. The van der Waals surface area contributed by atoms with Gasteiger partial charge in [0, 0.05) is 33.8 Å². The molecule has 1 aromatic carbocycles. The average Bonchev–Trinajstić information content (AvgIpc) is 2.80. The number of fused-ring (bicyclic) bond motifs is 1. The molecule has 0 bridgehead atoms. The summed E-state index contributed by atoms with van der Waals surface area (Å²) < 4.78 is 19.5. The SMILES string of the molecule is CC(O)c1c(F)cncc1-c1cc2ccc(Cl)cc2o1. The highest BCUT2D eigenvalue weighted by Gasteiger charge is 2.18. The Balaban J connectivity index is 2.23. The van der Waals surface area contributed by atoms with Gasteiger partial charge in [-0.3, -0.25) is 4.98 Å². The number of benzene rings is 1. The standard InChI is InChI=1S/C15H11ClFNO2/c1-8(19)15-11(6-18-7-12(15)17)14-4-9-2-3-10(16)5-13(9)20-14/h2-8,19H,1H3. The van der Waals surface area contributed by atoms with Crippen LogP contribution in [-0.2, 0) is 0 Å². The summed E-state index contributed by atoms with van der Waals surface area (Å²) in [5.41, 5.74) is 1.21. The molecule has 3 aromatic rings. The molecule has 3 nitrogen and oxygen atoms in total. The molecule has 1 N–H and O–H groups in total. The molecule has 0 radical (unpaired) electrons. The smallest absolute Gasteiger partial charge is 0.148 e. The van der Waals surface area contributed by atoms with E-state index in [1.807, 2.05) is 6.07 Å². The number of aliphatic hydroxyl groups excluding tert-OH is 1. The van der Waals surface area contributed by atoms with Crippen LogP contribution in [0.15, 0.2) is 41.1 Å². The van der Waals surface area contributed by atoms with Gasteiger partial charge in [-0.15, -0.1) is 0 Å². The molecule has 20 heavy (non-hydrogen) atoms. The lowest BCUT2D eigenvalue weighted by molar-refractivity contribution is 0.194. The summed E-state index contributed by atoms with van der Waals surface area (Å²) in [7, 11) is 0. The first kappa shape index (κ1) is 13.1. The largest absolute Gasteiger partial charge is 0.456 e. The molecule has 0 aliphatic heterocycles. The number of nitrogens with zero attached hydrogens (tertiary/aromatic N) is 1. The van der Waals surface area contributed by atoms with Crippen LogP contribution in [0, 0.1) is 5.82 Å². The second-order valence-electron chi connectivity index (χ2n) is 4.55. The minimum absolute atomic E-state index is 0.171. The van der Waals surface area contributed by atoms with Crippen molar-refractivity contribution in [2.75, 3.05) is 0 Å². The second kappa shape index (κ2) is 4.89. The molecule has 2 heterocycles. The predicted molar refractivity (Wildman–Crippen MR) is 75.0 cm³/mol. The molecule has 0 spiro atoms. The third-order valence-electron chi connectivity index (χ3n) is 3.10. The minimum atomic E-state index is -0.954. The van der Waals surface area contributed by atoms with Gasteiger partial charge in [0.15, 0.2) is 0 Å². The van der Waals surface area contributed by atoms with Crippen LogP contribution >= 0.6 is 11.6 Å². The molecular formula is C15H11ClFNO2. The van der Waals surface area contributed by atoms with Crippen molar-refractivity contribution in [1.82, 2.24) is 4.98 Å². The summed E-state index contributed by atoms with van der Waals surface area (Å²) >= 11 is 5.91. The van der Waals surface area contributed by atoms with Crippen molar-refractivity contribution in [2.24, 2.45) is 0 Å². The van der Waals surface area contributed by atoms with Gasteiger partial charge in [-0.1, -0.05) is 11.6 Å². The van der Waals surface area contributed by atoms with Gasteiger partial charge in [0.05, 0.1) is 12.3 Å². The second-order valence-corrected chi connectivity index (χ2v) is 4.99. The number of aromatic nitrogens is 1. The predicted octanol–water partition coefficient (Wildman–Crippen LogP) is 4.34. The third kappa shape index (κ3) is 2.17. The van der Waals surface area contributed by atoms with Gasteiger partial charge in [-0.2, -0.15) is 0 Å².